The second-order valence-electron chi connectivity index (χ2n) is 1.45. The molecule has 0 saturated heterocycles. The summed E-state index contributed by atoms with van der Waals surface area (Å²) in [6, 6.07) is 0. The maximum atomic E-state index is 9.55. The van der Waals surface area contributed by atoms with Gasteiger partial charge in [-0.1, -0.05) is 6.92 Å². The number of hydrogen-bond donors (Lipinski definition) is 0. The average molecular weight is 102 g/mol. The summed E-state index contributed by atoms with van der Waals surface area (Å²) in [4.78, 5) is 9.55. The van der Waals surface area contributed by atoms with Crippen LogP contribution in [0.3, 0.4) is 0 Å². The first-order valence-corrected chi connectivity index (χ1v) is 2.40. The van der Waals surface area contributed by atoms with Crippen LogP contribution in [0.5, 0.6) is 0 Å². The molecule has 0 fully saturated rings. The zero-order valence-electron chi connectivity index (χ0n) is 4.68. The monoisotopic (exact) mass is 102 g/mol. The first kappa shape index (κ1) is 6.47. The number of ether oxygens (including phenoxy) is 1. The minimum atomic E-state index is 0.0810. The van der Waals surface area contributed by atoms with Crippen molar-refractivity contribution in [3.63, 3.8) is 0 Å². The van der Waals surface area contributed by atoms with Crippen molar-refractivity contribution in [3.05, 3.63) is 0 Å². The third-order valence-corrected chi connectivity index (χ3v) is 0.863. The summed E-state index contributed by atoms with van der Waals surface area (Å²) in [5.41, 5.74) is 0. The maximum Gasteiger partial charge on any atom is 0.293 e. The lowest BCUT2D eigenvalue weighted by Crippen LogP contribution is -2.03. The van der Waals surface area contributed by atoms with Crippen LogP contribution in [0.1, 0.15) is 20.3 Å². The molecule has 2 nitrogen and oxygen atoms in total. The first-order valence-electron chi connectivity index (χ1n) is 2.40. The quantitative estimate of drug-likeness (QED) is 0.496. The molecule has 0 aliphatic heterocycles. The molecule has 0 amide bonds. The minimum absolute atomic E-state index is 0.0810. The van der Waals surface area contributed by atoms with E-state index in [2.05, 4.69) is 4.74 Å². The Morgan fingerprint density at radius 1 is 1.86 bits per heavy atom. The fourth-order valence-electron chi connectivity index (χ4n) is 0.191. The van der Waals surface area contributed by atoms with Gasteiger partial charge < -0.3 is 4.74 Å². The van der Waals surface area contributed by atoms with Crippen molar-refractivity contribution in [3.8, 4) is 0 Å². The van der Waals surface area contributed by atoms with E-state index in [1.165, 1.54) is 0 Å². The molecule has 42 valence electrons. The van der Waals surface area contributed by atoms with Crippen LogP contribution < -0.4 is 0 Å². The van der Waals surface area contributed by atoms with Gasteiger partial charge in [0, 0.05) is 0 Å². The molecule has 0 rings (SSSR count). The van der Waals surface area contributed by atoms with Crippen LogP contribution in [0.25, 0.3) is 0 Å². The Morgan fingerprint density at radius 3 is 2.57 bits per heavy atom. The van der Waals surface area contributed by atoms with Crippen LogP contribution in [0.15, 0.2) is 0 Å². The van der Waals surface area contributed by atoms with Gasteiger partial charge in [-0.2, -0.15) is 0 Å². The fraction of sp³-hybridized carbons (Fsp3) is 0.800. The van der Waals surface area contributed by atoms with Gasteiger partial charge in [0.1, 0.15) is 0 Å². The molecule has 7 heavy (non-hydrogen) atoms. The summed E-state index contributed by atoms with van der Waals surface area (Å²) in [6.45, 7) is 4.30. The van der Waals surface area contributed by atoms with Crippen molar-refractivity contribution in [1.82, 2.24) is 0 Å². The molecule has 0 aromatic heterocycles. The highest BCUT2D eigenvalue weighted by Gasteiger charge is 1.92. The van der Waals surface area contributed by atoms with E-state index in [-0.39, 0.29) is 6.10 Å². The number of carbonyl (C=O) groups is 1. The van der Waals surface area contributed by atoms with Gasteiger partial charge in [0.05, 0.1) is 6.10 Å². The second-order valence-corrected chi connectivity index (χ2v) is 1.45. The van der Waals surface area contributed by atoms with Gasteiger partial charge in [0.25, 0.3) is 6.47 Å². The molecule has 0 aliphatic carbocycles. The highest BCUT2D eigenvalue weighted by atomic mass is 16.5. The smallest absolute Gasteiger partial charge is 0.293 e. The molecule has 0 aromatic carbocycles. The van der Waals surface area contributed by atoms with Gasteiger partial charge in [-0.25, -0.2) is 0 Å². The molecular formula is C5H10O2. The molecule has 0 radical (unpaired) electrons. The highest BCUT2D eigenvalue weighted by Crippen LogP contribution is 1.90. The van der Waals surface area contributed by atoms with Gasteiger partial charge in [-0.15, -0.1) is 0 Å². The molecule has 0 saturated carbocycles. The number of carbonyl (C=O) groups excluding carboxylic acids is 1. The van der Waals surface area contributed by atoms with Crippen molar-refractivity contribution in [1.29, 1.82) is 0 Å². The lowest BCUT2D eigenvalue weighted by atomic mass is 10.3. The zero-order valence-corrected chi connectivity index (χ0v) is 4.68. The Morgan fingerprint density at radius 2 is 2.43 bits per heavy atom. The summed E-state index contributed by atoms with van der Waals surface area (Å²) < 4.78 is 4.51. The van der Waals surface area contributed by atoms with E-state index >= 15 is 0 Å². The number of hydrogen-bond acceptors (Lipinski definition) is 2. The van der Waals surface area contributed by atoms with E-state index in [1.54, 1.807) is 0 Å². The van der Waals surface area contributed by atoms with E-state index in [4.69, 9.17) is 0 Å². The van der Waals surface area contributed by atoms with Gasteiger partial charge in [-0.05, 0) is 13.3 Å². The Hall–Kier alpha value is -0.530. The topological polar surface area (TPSA) is 26.3 Å². The van der Waals surface area contributed by atoms with Crippen molar-refractivity contribution in [2.45, 2.75) is 26.4 Å². The summed E-state index contributed by atoms with van der Waals surface area (Å²) >= 11 is 0. The van der Waals surface area contributed by atoms with E-state index in [0.29, 0.717) is 6.47 Å². The third-order valence-electron chi connectivity index (χ3n) is 0.863. The molecule has 1 unspecified atom stereocenters. The molecule has 0 bridgehead atoms. The minimum Gasteiger partial charge on any atom is -0.465 e. The summed E-state index contributed by atoms with van der Waals surface area (Å²) in [5.74, 6) is 0. The fourth-order valence-corrected chi connectivity index (χ4v) is 0.191. The van der Waals surface area contributed by atoms with E-state index < -0.39 is 0 Å². The Labute approximate surface area is 43.5 Å². The predicted octanol–water partition coefficient (Wildman–Crippen LogP) is 0.958. The molecule has 0 N–H and O–H groups in total. The molecule has 1 atom stereocenters. The van der Waals surface area contributed by atoms with Crippen LogP contribution in [0.4, 0.5) is 0 Å². The third kappa shape index (κ3) is 3.30. The van der Waals surface area contributed by atoms with Gasteiger partial charge >= 0.3 is 0 Å². The Bertz CT molecular complexity index is 52.0. The van der Waals surface area contributed by atoms with Crippen LogP contribution >= 0.6 is 0 Å². The van der Waals surface area contributed by atoms with Crippen LogP contribution in [0.2, 0.25) is 0 Å². The van der Waals surface area contributed by atoms with Crippen LogP contribution in [-0.4, -0.2) is 12.6 Å². The van der Waals surface area contributed by atoms with E-state index in [0.717, 1.165) is 6.42 Å². The van der Waals surface area contributed by atoms with Crippen LogP contribution in [-0.2, 0) is 9.53 Å². The lowest BCUT2D eigenvalue weighted by Gasteiger charge is -2.02. The maximum absolute atomic E-state index is 9.55. The molecular weight excluding hydrogens is 92.1 g/mol. The first-order chi connectivity index (χ1) is 3.31. The van der Waals surface area contributed by atoms with Crippen molar-refractivity contribution in [2.24, 2.45) is 0 Å². The van der Waals surface area contributed by atoms with Gasteiger partial charge in [-0.3, -0.25) is 4.79 Å². The lowest BCUT2D eigenvalue weighted by molar-refractivity contribution is -0.132. The summed E-state index contributed by atoms with van der Waals surface area (Å²) in [5, 5.41) is 0. The van der Waals surface area contributed by atoms with E-state index in [1.807, 2.05) is 13.8 Å². The van der Waals surface area contributed by atoms with Crippen molar-refractivity contribution in [2.75, 3.05) is 0 Å². The van der Waals surface area contributed by atoms with Gasteiger partial charge in [0.2, 0.25) is 0 Å². The zero-order chi connectivity index (χ0) is 5.70. The Balaban J connectivity index is 2.98. The molecule has 2 heteroatoms. The normalized spacial score (nSPS) is 12.9. The number of rotatable bonds is 3. The molecule has 0 aromatic rings. The average Bonchev–Trinajstić information content (AvgIpc) is 1.68. The Kier molecular flexibility index (Phi) is 3.38. The standard InChI is InChI=1S/C5H10O2/c1-3-5(2)7-4-6/h4-5H,3H2,1-2H3. The molecule has 0 spiro atoms. The van der Waals surface area contributed by atoms with Crippen molar-refractivity contribution < 1.29 is 9.53 Å². The van der Waals surface area contributed by atoms with Crippen LogP contribution in [0, 0.1) is 0 Å². The molecule has 0 heterocycles. The van der Waals surface area contributed by atoms with Gasteiger partial charge in [0.15, 0.2) is 0 Å². The summed E-state index contributed by atoms with van der Waals surface area (Å²) in [7, 11) is 0. The van der Waals surface area contributed by atoms with E-state index in [9.17, 15) is 4.79 Å². The summed E-state index contributed by atoms with van der Waals surface area (Å²) in [6.07, 6.45) is 0.969. The van der Waals surface area contributed by atoms with Crippen molar-refractivity contribution >= 4 is 6.47 Å². The molecule has 0 aliphatic rings. The SMILES string of the molecule is CCC(C)OC=O. The highest BCUT2D eigenvalue weighted by molar-refractivity contribution is 5.37. The predicted molar refractivity (Wildman–Crippen MR) is 26.9 cm³/mol. The second kappa shape index (κ2) is 3.65. The largest absolute Gasteiger partial charge is 0.465 e.